The van der Waals surface area contributed by atoms with E-state index in [1.165, 1.54) is 0 Å². The fourth-order valence-corrected chi connectivity index (χ4v) is 2.89. The lowest BCUT2D eigenvalue weighted by Crippen LogP contribution is -2.54. The van der Waals surface area contributed by atoms with E-state index in [0.717, 1.165) is 25.1 Å². The molecule has 0 radical (unpaired) electrons. The van der Waals surface area contributed by atoms with Crippen LogP contribution in [0.25, 0.3) is 0 Å². The Balaban J connectivity index is 2.11. The van der Waals surface area contributed by atoms with Crippen molar-refractivity contribution in [3.63, 3.8) is 0 Å². The summed E-state index contributed by atoms with van der Waals surface area (Å²) in [5.74, 6) is 0.642. The van der Waals surface area contributed by atoms with Crippen LogP contribution in [-0.4, -0.2) is 61.5 Å². The van der Waals surface area contributed by atoms with Crippen molar-refractivity contribution in [2.45, 2.75) is 25.9 Å². The Labute approximate surface area is 142 Å². The van der Waals surface area contributed by atoms with Gasteiger partial charge in [-0.1, -0.05) is 13.0 Å². The number of carbonyl (C=O) groups is 2. The predicted octanol–water partition coefficient (Wildman–Crippen LogP) is 0.612. The summed E-state index contributed by atoms with van der Waals surface area (Å²) < 4.78 is 10.7. The molecule has 1 saturated heterocycles. The highest BCUT2D eigenvalue weighted by atomic mass is 16.5. The summed E-state index contributed by atoms with van der Waals surface area (Å²) in [6.07, 6.45) is 0.778. The highest BCUT2D eigenvalue weighted by Gasteiger charge is 2.31. The van der Waals surface area contributed by atoms with Gasteiger partial charge in [-0.3, -0.25) is 14.5 Å². The first-order valence-electron chi connectivity index (χ1n) is 8.03. The van der Waals surface area contributed by atoms with E-state index in [2.05, 4.69) is 4.90 Å². The third kappa shape index (κ3) is 4.17. The van der Waals surface area contributed by atoms with Crippen molar-refractivity contribution in [2.75, 3.05) is 33.9 Å². The number of hydrogen-bond donors (Lipinski definition) is 1. The maximum Gasteiger partial charge on any atom is 0.255 e. The average molecular weight is 335 g/mol. The zero-order valence-electron chi connectivity index (χ0n) is 14.4. The summed E-state index contributed by atoms with van der Waals surface area (Å²) in [6.45, 7) is 4.05. The molecule has 1 aliphatic heterocycles. The van der Waals surface area contributed by atoms with Gasteiger partial charge in [-0.05, 0) is 24.1 Å². The van der Waals surface area contributed by atoms with E-state index >= 15 is 0 Å². The quantitative estimate of drug-likeness (QED) is 0.789. The fourth-order valence-electron chi connectivity index (χ4n) is 2.89. The molecule has 1 fully saturated rings. The van der Waals surface area contributed by atoms with Crippen molar-refractivity contribution < 1.29 is 19.1 Å². The predicted molar refractivity (Wildman–Crippen MR) is 89.8 cm³/mol. The van der Waals surface area contributed by atoms with Crippen molar-refractivity contribution in [1.29, 1.82) is 0 Å². The minimum absolute atomic E-state index is 0.0967. The first-order chi connectivity index (χ1) is 11.5. The van der Waals surface area contributed by atoms with Crippen LogP contribution in [0.4, 0.5) is 0 Å². The van der Waals surface area contributed by atoms with Crippen molar-refractivity contribution in [3.8, 4) is 11.5 Å². The molecule has 2 amide bonds. The van der Waals surface area contributed by atoms with Crippen LogP contribution in [-0.2, 0) is 16.1 Å². The summed E-state index contributed by atoms with van der Waals surface area (Å²) in [4.78, 5) is 27.1. The largest absolute Gasteiger partial charge is 0.493 e. The van der Waals surface area contributed by atoms with Gasteiger partial charge in [0, 0.05) is 26.7 Å². The number of likely N-dealkylation sites (N-methyl/N-ethyl adjacent to an activating group) is 1. The maximum absolute atomic E-state index is 12.3. The highest BCUT2D eigenvalue weighted by molar-refractivity contribution is 5.82. The van der Waals surface area contributed by atoms with E-state index in [9.17, 15) is 9.59 Å². The topological polar surface area (TPSA) is 85.1 Å². The number of primary amides is 1. The molecule has 24 heavy (non-hydrogen) atoms. The molecule has 1 unspecified atom stereocenters. The van der Waals surface area contributed by atoms with Gasteiger partial charge in [0.05, 0.1) is 13.2 Å². The normalized spacial score (nSPS) is 18.5. The summed E-state index contributed by atoms with van der Waals surface area (Å²) in [5.41, 5.74) is 6.12. The number of carbonyl (C=O) groups excluding carboxylic acids is 2. The molecule has 2 N–H and O–H groups in total. The number of piperazine rings is 1. The number of amides is 2. The van der Waals surface area contributed by atoms with Crippen molar-refractivity contribution in [2.24, 2.45) is 5.73 Å². The first kappa shape index (κ1) is 18.1. The van der Waals surface area contributed by atoms with E-state index in [0.29, 0.717) is 18.0 Å². The fraction of sp³-hybridized carbons (Fsp3) is 0.529. The van der Waals surface area contributed by atoms with Crippen molar-refractivity contribution in [3.05, 3.63) is 23.8 Å². The van der Waals surface area contributed by atoms with Gasteiger partial charge in [0.2, 0.25) is 5.91 Å². The molecule has 0 saturated carbocycles. The van der Waals surface area contributed by atoms with Crippen LogP contribution < -0.4 is 15.2 Å². The second kappa shape index (κ2) is 8.01. The van der Waals surface area contributed by atoms with Gasteiger partial charge in [-0.15, -0.1) is 0 Å². The molecule has 1 aliphatic rings. The van der Waals surface area contributed by atoms with Crippen LogP contribution in [0, 0.1) is 0 Å². The van der Waals surface area contributed by atoms with Gasteiger partial charge >= 0.3 is 0 Å². The molecular weight excluding hydrogens is 310 g/mol. The molecule has 1 heterocycles. The van der Waals surface area contributed by atoms with Crippen LogP contribution in [0.5, 0.6) is 11.5 Å². The minimum Gasteiger partial charge on any atom is -0.493 e. The molecule has 1 aromatic rings. The molecule has 7 heteroatoms. The molecule has 0 spiro atoms. The van der Waals surface area contributed by atoms with Crippen LogP contribution in [0.2, 0.25) is 0 Å². The number of ether oxygens (including phenoxy) is 2. The molecule has 1 atom stereocenters. The Morgan fingerprint density at radius 2 is 2.08 bits per heavy atom. The zero-order valence-corrected chi connectivity index (χ0v) is 14.4. The van der Waals surface area contributed by atoms with Gasteiger partial charge in [0.1, 0.15) is 0 Å². The van der Waals surface area contributed by atoms with Crippen LogP contribution in [0.15, 0.2) is 18.2 Å². The molecule has 7 nitrogen and oxygen atoms in total. The summed E-state index contributed by atoms with van der Waals surface area (Å²) in [5, 5.41) is 0. The Hall–Kier alpha value is -2.28. The van der Waals surface area contributed by atoms with Crippen LogP contribution >= 0.6 is 0 Å². The van der Waals surface area contributed by atoms with Crippen LogP contribution in [0.1, 0.15) is 18.9 Å². The molecule has 1 aromatic carbocycles. The van der Waals surface area contributed by atoms with Crippen molar-refractivity contribution >= 4 is 11.8 Å². The zero-order chi connectivity index (χ0) is 17.7. The second-order valence-electron chi connectivity index (χ2n) is 5.89. The number of nitrogens with zero attached hydrogens (tertiary/aromatic N) is 2. The van der Waals surface area contributed by atoms with Gasteiger partial charge in [-0.2, -0.15) is 0 Å². The smallest absolute Gasteiger partial charge is 0.255 e. The number of hydrogen-bond acceptors (Lipinski definition) is 5. The number of nitrogens with two attached hydrogens (primary N) is 1. The van der Waals surface area contributed by atoms with Gasteiger partial charge in [0.15, 0.2) is 18.1 Å². The Morgan fingerprint density at radius 3 is 2.71 bits per heavy atom. The van der Waals surface area contributed by atoms with E-state index < -0.39 is 5.91 Å². The summed E-state index contributed by atoms with van der Waals surface area (Å²) in [7, 11) is 3.39. The number of rotatable bonds is 7. The third-order valence-electron chi connectivity index (χ3n) is 4.20. The van der Waals surface area contributed by atoms with E-state index in [4.69, 9.17) is 15.2 Å². The average Bonchev–Trinajstić information content (AvgIpc) is 2.57. The third-order valence-corrected chi connectivity index (χ3v) is 4.20. The summed E-state index contributed by atoms with van der Waals surface area (Å²) in [6, 6.07) is 5.44. The molecule has 0 aromatic heterocycles. The monoisotopic (exact) mass is 335 g/mol. The van der Waals surface area contributed by atoms with Gasteiger partial charge in [0.25, 0.3) is 5.91 Å². The van der Waals surface area contributed by atoms with Gasteiger partial charge < -0.3 is 20.1 Å². The van der Waals surface area contributed by atoms with Crippen LogP contribution in [0.3, 0.4) is 0 Å². The minimum atomic E-state index is -0.539. The van der Waals surface area contributed by atoms with E-state index in [1.807, 2.05) is 26.1 Å². The molecule has 0 bridgehead atoms. The first-order valence-corrected chi connectivity index (χ1v) is 8.03. The Bertz CT molecular complexity index is 605. The second-order valence-corrected chi connectivity index (χ2v) is 5.89. The molecule has 0 aliphatic carbocycles. The highest BCUT2D eigenvalue weighted by Crippen LogP contribution is 2.29. The number of methoxy groups -OCH3 is 1. The Kier molecular flexibility index (Phi) is 6.03. The van der Waals surface area contributed by atoms with E-state index in [1.54, 1.807) is 18.1 Å². The molecule has 2 rings (SSSR count). The van der Waals surface area contributed by atoms with E-state index in [-0.39, 0.29) is 18.6 Å². The lowest BCUT2D eigenvalue weighted by Gasteiger charge is -2.38. The van der Waals surface area contributed by atoms with Gasteiger partial charge in [-0.25, -0.2) is 0 Å². The molecular formula is C17H25N3O4. The maximum atomic E-state index is 12.3. The number of benzene rings is 1. The SMILES string of the molecule is CCC1C(=O)N(C)CCN1Cc1ccc(OCC(N)=O)c(OC)c1. The lowest BCUT2D eigenvalue weighted by molar-refractivity contribution is -0.140. The van der Waals surface area contributed by atoms with Crippen molar-refractivity contribution in [1.82, 2.24) is 9.80 Å². The Morgan fingerprint density at radius 1 is 1.33 bits per heavy atom. The standard InChI is InChI=1S/C17H25N3O4/c1-4-13-17(22)19(2)7-8-20(13)10-12-5-6-14(15(9-12)23-3)24-11-16(18)21/h5-6,9,13H,4,7-8,10-11H2,1-3H3,(H2,18,21). The lowest BCUT2D eigenvalue weighted by atomic mass is 10.1. The molecule has 132 valence electrons. The summed E-state index contributed by atoms with van der Waals surface area (Å²) >= 11 is 0.